The van der Waals surface area contributed by atoms with Crippen molar-refractivity contribution < 1.29 is 4.39 Å². The molecule has 0 N–H and O–H groups in total. The fourth-order valence-electron chi connectivity index (χ4n) is 4.20. The first-order valence-corrected chi connectivity index (χ1v) is 10.1. The van der Waals surface area contributed by atoms with E-state index in [1.54, 1.807) is 0 Å². The molecular weight excluding hydrogens is 275 g/mol. The predicted octanol–water partition coefficient (Wildman–Crippen LogP) is 6.77. The minimum absolute atomic E-state index is 0.531. The van der Waals surface area contributed by atoms with Gasteiger partial charge in [0.15, 0.2) is 0 Å². The molecule has 0 unspecified atom stereocenters. The lowest BCUT2D eigenvalue weighted by atomic mass is 10.1. The molecule has 0 aliphatic carbocycles. The van der Waals surface area contributed by atoms with E-state index in [9.17, 15) is 4.39 Å². The van der Waals surface area contributed by atoms with Gasteiger partial charge in [-0.25, -0.2) is 4.39 Å². The smallest absolute Gasteiger partial charge is 0.0943 e. The lowest BCUT2D eigenvalue weighted by Crippen LogP contribution is -2.46. The maximum absolute atomic E-state index is 13.7. The molecule has 0 spiro atoms. The Labute approximate surface area is 130 Å². The number of allylic oxidation sites excluding steroid dienone is 2. The minimum atomic E-state index is -1.90. The number of hydrogen-bond acceptors (Lipinski definition) is 0. The third-order valence-corrected chi connectivity index (χ3v) is 12.0. The second-order valence-corrected chi connectivity index (χ2v) is 12.7. The molecule has 2 heteroatoms. The van der Waals surface area contributed by atoms with Gasteiger partial charge in [0, 0.05) is 5.57 Å². The van der Waals surface area contributed by atoms with Crippen molar-refractivity contribution in [1.29, 1.82) is 0 Å². The van der Waals surface area contributed by atoms with Crippen molar-refractivity contribution in [3.63, 3.8) is 0 Å². The fourth-order valence-corrected chi connectivity index (χ4v) is 11.0. The summed E-state index contributed by atoms with van der Waals surface area (Å²) >= 11 is 0. The quantitative estimate of drug-likeness (QED) is 0.402. The summed E-state index contributed by atoms with van der Waals surface area (Å²) in [5, 5.41) is 1.05. The first-order chi connectivity index (χ1) is 9.79. The molecule has 0 amide bonds. The lowest BCUT2D eigenvalue weighted by molar-refractivity contribution is 0.723. The van der Waals surface area contributed by atoms with E-state index in [-0.39, 0.29) is 0 Å². The maximum Gasteiger partial charge on any atom is 0.0943 e. The van der Waals surface area contributed by atoms with Crippen molar-refractivity contribution in [2.24, 2.45) is 0 Å². The van der Waals surface area contributed by atoms with Crippen molar-refractivity contribution in [1.82, 2.24) is 0 Å². The van der Waals surface area contributed by atoms with Crippen molar-refractivity contribution >= 4 is 13.6 Å². The molecule has 1 aromatic rings. The number of halogens is 1. The molecule has 0 heterocycles. The van der Waals surface area contributed by atoms with Crippen LogP contribution in [0.4, 0.5) is 4.39 Å². The van der Waals surface area contributed by atoms with Gasteiger partial charge in [-0.3, -0.25) is 0 Å². The SMILES string of the molecule is C=C(/C(=C/F)c1ccccc1)[Si](C(C)C)(C(C)C)C(C)C. The van der Waals surface area contributed by atoms with E-state index in [1.807, 2.05) is 30.3 Å². The molecule has 0 aliphatic rings. The van der Waals surface area contributed by atoms with Crippen LogP contribution in [-0.4, -0.2) is 8.07 Å². The van der Waals surface area contributed by atoms with Gasteiger partial charge < -0.3 is 0 Å². The topological polar surface area (TPSA) is 0 Å². The van der Waals surface area contributed by atoms with Gasteiger partial charge in [0.25, 0.3) is 0 Å². The van der Waals surface area contributed by atoms with E-state index in [0.29, 0.717) is 22.2 Å². The van der Waals surface area contributed by atoms with Crippen LogP contribution >= 0.6 is 0 Å². The minimum Gasteiger partial charge on any atom is -0.215 e. The van der Waals surface area contributed by atoms with Crippen molar-refractivity contribution in [3.05, 3.63) is 54.0 Å². The van der Waals surface area contributed by atoms with E-state index in [0.717, 1.165) is 17.1 Å². The molecule has 0 atom stereocenters. The second-order valence-electron chi connectivity index (χ2n) is 6.76. The third-order valence-electron chi connectivity index (χ3n) is 4.91. The van der Waals surface area contributed by atoms with Gasteiger partial charge in [-0.05, 0) is 22.2 Å². The molecule has 21 heavy (non-hydrogen) atoms. The summed E-state index contributed by atoms with van der Waals surface area (Å²) in [5.41, 5.74) is 3.22. The Balaban J connectivity index is 3.41. The Morgan fingerprint density at radius 2 is 1.38 bits per heavy atom. The molecule has 0 saturated carbocycles. The van der Waals surface area contributed by atoms with Crippen LogP contribution in [0.3, 0.4) is 0 Å². The summed E-state index contributed by atoms with van der Waals surface area (Å²) in [4.78, 5) is 0. The van der Waals surface area contributed by atoms with Crippen LogP contribution in [0.1, 0.15) is 47.1 Å². The van der Waals surface area contributed by atoms with Crippen molar-refractivity contribution in [2.75, 3.05) is 0 Å². The van der Waals surface area contributed by atoms with Gasteiger partial charge in [0.05, 0.1) is 14.4 Å². The predicted molar refractivity (Wildman–Crippen MR) is 95.7 cm³/mol. The highest BCUT2D eigenvalue weighted by Crippen LogP contribution is 2.49. The summed E-state index contributed by atoms with van der Waals surface area (Å²) in [6, 6.07) is 9.80. The normalized spacial score (nSPS) is 13.3. The molecular formula is C19H29FSi. The third kappa shape index (κ3) is 3.21. The average molecular weight is 305 g/mol. The lowest BCUT2D eigenvalue weighted by Gasteiger charge is -2.45. The Hall–Kier alpha value is -1.15. The maximum atomic E-state index is 13.7. The highest BCUT2D eigenvalue weighted by molar-refractivity contribution is 6.91. The van der Waals surface area contributed by atoms with Crippen LogP contribution in [0.25, 0.3) is 5.57 Å². The molecule has 0 aromatic heterocycles. The van der Waals surface area contributed by atoms with E-state index in [2.05, 4.69) is 48.1 Å². The van der Waals surface area contributed by atoms with Gasteiger partial charge in [-0.2, -0.15) is 0 Å². The standard InChI is InChI=1S/C19H29FSi/c1-14(2)21(15(3)4,16(5)6)17(7)19(13-20)18-11-9-8-10-12-18/h8-16H,7H2,1-6H3/b19-13-. The van der Waals surface area contributed by atoms with E-state index < -0.39 is 8.07 Å². The average Bonchev–Trinajstić information content (AvgIpc) is 2.40. The van der Waals surface area contributed by atoms with Gasteiger partial charge in [-0.15, -0.1) is 0 Å². The van der Waals surface area contributed by atoms with Gasteiger partial charge in [0.1, 0.15) is 0 Å². The summed E-state index contributed by atoms with van der Waals surface area (Å²) in [6.45, 7) is 18.0. The molecule has 0 aliphatic heterocycles. The first kappa shape index (κ1) is 17.9. The highest BCUT2D eigenvalue weighted by Gasteiger charge is 2.46. The Morgan fingerprint density at radius 1 is 0.952 bits per heavy atom. The van der Waals surface area contributed by atoms with E-state index in [1.165, 1.54) is 0 Å². The van der Waals surface area contributed by atoms with Gasteiger partial charge in [0.2, 0.25) is 0 Å². The Kier molecular flexibility index (Phi) is 6.15. The molecule has 0 nitrogen and oxygen atoms in total. The zero-order valence-electron chi connectivity index (χ0n) is 14.3. The van der Waals surface area contributed by atoms with Crippen LogP contribution in [-0.2, 0) is 0 Å². The van der Waals surface area contributed by atoms with E-state index >= 15 is 0 Å². The van der Waals surface area contributed by atoms with Gasteiger partial charge in [-0.1, -0.05) is 83.6 Å². The summed E-state index contributed by atoms with van der Waals surface area (Å²) in [6.07, 6.45) is 0.757. The fraction of sp³-hybridized carbons (Fsp3) is 0.474. The molecule has 0 radical (unpaired) electrons. The molecule has 116 valence electrons. The number of hydrogen-bond donors (Lipinski definition) is 0. The molecule has 1 rings (SSSR count). The van der Waals surface area contributed by atoms with Crippen LogP contribution in [0, 0.1) is 0 Å². The monoisotopic (exact) mass is 304 g/mol. The summed E-state index contributed by atoms with van der Waals surface area (Å²) < 4.78 is 13.7. The van der Waals surface area contributed by atoms with Crippen LogP contribution in [0.15, 0.2) is 48.4 Å². The largest absolute Gasteiger partial charge is 0.215 e. The van der Waals surface area contributed by atoms with Gasteiger partial charge >= 0.3 is 0 Å². The van der Waals surface area contributed by atoms with Crippen molar-refractivity contribution in [2.45, 2.75) is 58.2 Å². The first-order valence-electron chi connectivity index (χ1n) is 7.85. The van der Waals surface area contributed by atoms with Crippen LogP contribution < -0.4 is 0 Å². The highest BCUT2D eigenvalue weighted by atomic mass is 28.3. The van der Waals surface area contributed by atoms with Crippen LogP contribution in [0.2, 0.25) is 16.6 Å². The molecule has 0 bridgehead atoms. The molecule has 0 saturated heterocycles. The number of rotatable bonds is 6. The second kappa shape index (κ2) is 7.21. The summed E-state index contributed by atoms with van der Waals surface area (Å²) in [7, 11) is -1.90. The van der Waals surface area contributed by atoms with E-state index in [4.69, 9.17) is 0 Å². The summed E-state index contributed by atoms with van der Waals surface area (Å²) in [5.74, 6) is 0. The molecule has 0 fully saturated rings. The van der Waals surface area contributed by atoms with Crippen molar-refractivity contribution in [3.8, 4) is 0 Å². The Bertz CT molecular complexity index is 476. The molecule has 1 aromatic carbocycles. The Morgan fingerprint density at radius 3 is 1.71 bits per heavy atom. The number of benzene rings is 1. The van der Waals surface area contributed by atoms with Crippen LogP contribution in [0.5, 0.6) is 0 Å². The zero-order chi connectivity index (χ0) is 16.2. The zero-order valence-corrected chi connectivity index (χ0v) is 15.3.